The van der Waals surface area contributed by atoms with Crippen LogP contribution in [0.25, 0.3) is 0 Å². The molecule has 0 saturated carbocycles. The Morgan fingerprint density at radius 1 is 1.13 bits per heavy atom. The SMILES string of the molecule is C=CC[C@@H](NNC(=O)c1ccccc1)c1ccc(N(C)C)cc1. The van der Waals surface area contributed by atoms with E-state index in [0.29, 0.717) is 5.56 Å². The molecule has 0 radical (unpaired) electrons. The Hall–Kier alpha value is -2.59. The number of rotatable bonds is 7. The van der Waals surface area contributed by atoms with Crippen molar-refractivity contribution in [2.75, 3.05) is 19.0 Å². The number of carbonyl (C=O) groups is 1. The molecule has 0 aromatic heterocycles. The first-order valence-corrected chi connectivity index (χ1v) is 7.61. The summed E-state index contributed by atoms with van der Waals surface area (Å²) < 4.78 is 0. The molecule has 2 N–H and O–H groups in total. The summed E-state index contributed by atoms with van der Waals surface area (Å²) in [5.74, 6) is -0.149. The van der Waals surface area contributed by atoms with E-state index in [9.17, 15) is 4.79 Å². The summed E-state index contributed by atoms with van der Waals surface area (Å²) in [7, 11) is 4.02. The Morgan fingerprint density at radius 2 is 1.78 bits per heavy atom. The third-order valence-corrected chi connectivity index (χ3v) is 3.61. The zero-order valence-electron chi connectivity index (χ0n) is 13.6. The van der Waals surface area contributed by atoms with Crippen LogP contribution in [0.2, 0.25) is 0 Å². The lowest BCUT2D eigenvalue weighted by molar-refractivity contribution is 0.0925. The second-order valence-corrected chi connectivity index (χ2v) is 5.53. The summed E-state index contributed by atoms with van der Waals surface area (Å²) in [6.07, 6.45) is 2.56. The average Bonchev–Trinajstić information content (AvgIpc) is 2.59. The molecule has 0 heterocycles. The van der Waals surface area contributed by atoms with Crippen LogP contribution in [-0.2, 0) is 0 Å². The second kappa shape index (κ2) is 8.15. The summed E-state index contributed by atoms with van der Waals surface area (Å²) in [6.45, 7) is 3.80. The second-order valence-electron chi connectivity index (χ2n) is 5.53. The molecule has 2 rings (SSSR count). The topological polar surface area (TPSA) is 44.4 Å². The van der Waals surface area contributed by atoms with Gasteiger partial charge in [0.05, 0.1) is 6.04 Å². The van der Waals surface area contributed by atoms with Gasteiger partial charge in [-0.2, -0.15) is 0 Å². The van der Waals surface area contributed by atoms with Crippen molar-refractivity contribution in [2.24, 2.45) is 0 Å². The smallest absolute Gasteiger partial charge is 0.265 e. The van der Waals surface area contributed by atoms with Gasteiger partial charge in [0, 0.05) is 25.3 Å². The van der Waals surface area contributed by atoms with Crippen molar-refractivity contribution in [1.82, 2.24) is 10.9 Å². The highest BCUT2D eigenvalue weighted by Gasteiger charge is 2.12. The Balaban J connectivity index is 2.03. The van der Waals surface area contributed by atoms with E-state index in [1.54, 1.807) is 12.1 Å². The van der Waals surface area contributed by atoms with Crippen LogP contribution in [0.1, 0.15) is 28.4 Å². The molecule has 0 unspecified atom stereocenters. The van der Waals surface area contributed by atoms with Crippen molar-refractivity contribution < 1.29 is 4.79 Å². The van der Waals surface area contributed by atoms with Crippen molar-refractivity contribution in [2.45, 2.75) is 12.5 Å². The molecule has 4 nitrogen and oxygen atoms in total. The first-order valence-electron chi connectivity index (χ1n) is 7.61. The van der Waals surface area contributed by atoms with Crippen molar-refractivity contribution in [3.63, 3.8) is 0 Å². The maximum atomic E-state index is 12.1. The van der Waals surface area contributed by atoms with Crippen LogP contribution in [0.15, 0.2) is 67.3 Å². The summed E-state index contributed by atoms with van der Waals surface area (Å²) in [5.41, 5.74) is 8.74. The van der Waals surface area contributed by atoms with E-state index in [0.717, 1.165) is 17.7 Å². The number of anilines is 1. The first-order chi connectivity index (χ1) is 11.1. The summed E-state index contributed by atoms with van der Waals surface area (Å²) in [5, 5.41) is 0. The number of hydrogen-bond acceptors (Lipinski definition) is 3. The van der Waals surface area contributed by atoms with Gasteiger partial charge in [-0.05, 0) is 36.2 Å². The van der Waals surface area contributed by atoms with Crippen molar-refractivity contribution in [3.8, 4) is 0 Å². The van der Waals surface area contributed by atoms with E-state index in [-0.39, 0.29) is 11.9 Å². The molecule has 0 aliphatic rings. The third-order valence-electron chi connectivity index (χ3n) is 3.61. The minimum atomic E-state index is -0.149. The lowest BCUT2D eigenvalue weighted by Crippen LogP contribution is -2.39. The zero-order chi connectivity index (χ0) is 16.7. The molecule has 1 atom stereocenters. The predicted octanol–water partition coefficient (Wildman–Crippen LogP) is 3.30. The standard InChI is InChI=1S/C19H23N3O/c1-4-8-18(15-11-13-17(14-12-15)22(2)3)20-21-19(23)16-9-6-5-7-10-16/h4-7,9-14,18,20H,1,8H2,2-3H3,(H,21,23)/t18-/m1/s1. The largest absolute Gasteiger partial charge is 0.378 e. The molecule has 2 aromatic rings. The van der Waals surface area contributed by atoms with Crippen molar-refractivity contribution in [3.05, 3.63) is 78.4 Å². The molecule has 0 bridgehead atoms. The molecule has 1 amide bonds. The minimum Gasteiger partial charge on any atom is -0.378 e. The number of nitrogens with zero attached hydrogens (tertiary/aromatic N) is 1. The number of amides is 1. The summed E-state index contributed by atoms with van der Waals surface area (Å²) in [4.78, 5) is 14.2. The van der Waals surface area contributed by atoms with Crippen LogP contribution in [0, 0.1) is 0 Å². The highest BCUT2D eigenvalue weighted by atomic mass is 16.2. The van der Waals surface area contributed by atoms with E-state index in [1.807, 2.05) is 38.4 Å². The summed E-state index contributed by atoms with van der Waals surface area (Å²) in [6, 6.07) is 17.4. The molecule has 0 fully saturated rings. The van der Waals surface area contributed by atoms with Gasteiger partial charge in [-0.3, -0.25) is 10.2 Å². The van der Waals surface area contributed by atoms with Gasteiger partial charge in [0.1, 0.15) is 0 Å². The minimum absolute atomic E-state index is 0.0172. The monoisotopic (exact) mass is 309 g/mol. The van der Waals surface area contributed by atoms with E-state index >= 15 is 0 Å². The predicted molar refractivity (Wildman–Crippen MR) is 95.4 cm³/mol. The Labute approximate surface area is 137 Å². The lowest BCUT2D eigenvalue weighted by Gasteiger charge is -2.20. The molecule has 2 aromatic carbocycles. The number of hydrazine groups is 1. The Morgan fingerprint density at radius 3 is 2.35 bits per heavy atom. The van der Waals surface area contributed by atoms with E-state index in [2.05, 4.69) is 46.6 Å². The maximum Gasteiger partial charge on any atom is 0.265 e. The highest BCUT2D eigenvalue weighted by Crippen LogP contribution is 2.20. The van der Waals surface area contributed by atoms with Gasteiger partial charge in [-0.1, -0.05) is 36.4 Å². The first kappa shape index (κ1) is 16.8. The van der Waals surface area contributed by atoms with Gasteiger partial charge in [-0.15, -0.1) is 6.58 Å². The fourth-order valence-corrected chi connectivity index (χ4v) is 2.26. The normalized spacial score (nSPS) is 11.6. The molecule has 0 aliphatic carbocycles. The van der Waals surface area contributed by atoms with Gasteiger partial charge in [0.2, 0.25) is 0 Å². The van der Waals surface area contributed by atoms with Gasteiger partial charge >= 0.3 is 0 Å². The highest BCUT2D eigenvalue weighted by molar-refractivity contribution is 5.93. The number of nitrogens with one attached hydrogen (secondary N) is 2. The Bertz CT molecular complexity index is 635. The van der Waals surface area contributed by atoms with Crippen LogP contribution in [-0.4, -0.2) is 20.0 Å². The third kappa shape index (κ3) is 4.69. The molecule has 23 heavy (non-hydrogen) atoms. The van der Waals surface area contributed by atoms with Crippen molar-refractivity contribution in [1.29, 1.82) is 0 Å². The molecule has 120 valence electrons. The van der Waals surface area contributed by atoms with E-state index < -0.39 is 0 Å². The van der Waals surface area contributed by atoms with E-state index in [4.69, 9.17) is 0 Å². The molecule has 0 saturated heterocycles. The van der Waals surface area contributed by atoms with Crippen LogP contribution < -0.4 is 15.8 Å². The molecule has 0 aliphatic heterocycles. The molecule has 0 spiro atoms. The van der Waals surface area contributed by atoms with Gasteiger partial charge in [0.15, 0.2) is 0 Å². The van der Waals surface area contributed by atoms with Crippen LogP contribution in [0.3, 0.4) is 0 Å². The van der Waals surface area contributed by atoms with E-state index in [1.165, 1.54) is 0 Å². The summed E-state index contributed by atoms with van der Waals surface area (Å²) >= 11 is 0. The number of carbonyl (C=O) groups excluding carboxylic acids is 1. The zero-order valence-corrected chi connectivity index (χ0v) is 13.6. The average molecular weight is 309 g/mol. The number of hydrogen-bond donors (Lipinski definition) is 2. The van der Waals surface area contributed by atoms with Crippen LogP contribution in [0.4, 0.5) is 5.69 Å². The maximum absolute atomic E-state index is 12.1. The lowest BCUT2D eigenvalue weighted by atomic mass is 10.0. The molecule has 4 heteroatoms. The van der Waals surface area contributed by atoms with Crippen LogP contribution >= 0.6 is 0 Å². The molecular weight excluding hydrogens is 286 g/mol. The fraction of sp³-hybridized carbons (Fsp3) is 0.211. The van der Waals surface area contributed by atoms with Gasteiger partial charge < -0.3 is 4.90 Å². The van der Waals surface area contributed by atoms with Gasteiger partial charge in [-0.25, -0.2) is 5.43 Å². The Kier molecular flexibility index (Phi) is 5.94. The van der Waals surface area contributed by atoms with Crippen LogP contribution in [0.5, 0.6) is 0 Å². The fourth-order valence-electron chi connectivity index (χ4n) is 2.26. The quantitative estimate of drug-likeness (QED) is 0.609. The van der Waals surface area contributed by atoms with Gasteiger partial charge in [0.25, 0.3) is 5.91 Å². The molecular formula is C19H23N3O. The number of benzene rings is 2. The van der Waals surface area contributed by atoms with Crippen molar-refractivity contribution >= 4 is 11.6 Å².